The Morgan fingerprint density at radius 1 is 1.09 bits per heavy atom. The van der Waals surface area contributed by atoms with E-state index in [-0.39, 0.29) is 0 Å². The number of rotatable bonds is 6. The molecule has 3 heteroatoms. The van der Waals surface area contributed by atoms with Crippen molar-refractivity contribution >= 4 is 8.32 Å². The molecule has 2 aromatic rings. The molecule has 0 radical (unpaired) electrons. The summed E-state index contributed by atoms with van der Waals surface area (Å²) < 4.78 is 6.20. The van der Waals surface area contributed by atoms with Crippen LogP contribution in [0.15, 0.2) is 42.5 Å². The monoisotopic (exact) mass is 323 g/mol. The summed E-state index contributed by atoms with van der Waals surface area (Å²) >= 11 is 0. The van der Waals surface area contributed by atoms with Crippen molar-refractivity contribution in [2.24, 2.45) is 0 Å². The van der Waals surface area contributed by atoms with Crippen LogP contribution in [0, 0.1) is 18.3 Å². The minimum atomic E-state index is -1.55. The number of benzene rings is 2. The third kappa shape index (κ3) is 5.06. The summed E-state index contributed by atoms with van der Waals surface area (Å²) in [6.07, 6.45) is 1.18. The van der Waals surface area contributed by atoms with E-state index in [2.05, 4.69) is 56.4 Å². The van der Waals surface area contributed by atoms with E-state index in [0.717, 1.165) is 16.7 Å². The first-order valence-electron chi connectivity index (χ1n) is 8.18. The summed E-state index contributed by atoms with van der Waals surface area (Å²) in [6, 6.07) is 17.8. The van der Waals surface area contributed by atoms with E-state index in [4.69, 9.17) is 9.69 Å². The van der Waals surface area contributed by atoms with Gasteiger partial charge in [-0.25, -0.2) is 0 Å². The van der Waals surface area contributed by atoms with E-state index in [9.17, 15) is 0 Å². The van der Waals surface area contributed by atoms with Gasteiger partial charge in [-0.2, -0.15) is 5.26 Å². The Labute approximate surface area is 140 Å². The maximum Gasteiger partial charge on any atom is 0.187 e. The van der Waals surface area contributed by atoms with Gasteiger partial charge < -0.3 is 4.43 Å². The van der Waals surface area contributed by atoms with Crippen molar-refractivity contribution < 1.29 is 4.43 Å². The molecule has 0 aliphatic heterocycles. The van der Waals surface area contributed by atoms with E-state index in [1.165, 1.54) is 18.0 Å². The standard InChI is InChI=1S/C20H25NOSi/c1-5-9-23(3,4)22-15-17-7-6-8-19(12-17)20-11-16(2)10-18(13-20)14-21/h6-8,10-13H,5,9,15H2,1-4H3. The van der Waals surface area contributed by atoms with Crippen molar-refractivity contribution in [3.05, 3.63) is 59.2 Å². The first-order valence-corrected chi connectivity index (χ1v) is 11.3. The summed E-state index contributed by atoms with van der Waals surface area (Å²) in [6.45, 7) is 9.46. The van der Waals surface area contributed by atoms with Gasteiger partial charge in [0.05, 0.1) is 18.2 Å². The number of hydrogen-bond donors (Lipinski definition) is 0. The smallest absolute Gasteiger partial charge is 0.187 e. The minimum absolute atomic E-state index is 0.671. The van der Waals surface area contributed by atoms with Crippen LogP contribution in [0.2, 0.25) is 19.1 Å². The Bertz CT molecular complexity index is 716. The number of aryl methyl sites for hydroxylation is 1. The van der Waals surface area contributed by atoms with Crippen molar-refractivity contribution in [1.29, 1.82) is 5.26 Å². The van der Waals surface area contributed by atoms with Crippen LogP contribution in [0.5, 0.6) is 0 Å². The Balaban J connectivity index is 2.20. The highest BCUT2D eigenvalue weighted by Gasteiger charge is 2.20. The predicted octanol–water partition coefficient (Wildman–Crippen LogP) is 5.67. The molecular formula is C20H25NOSi. The van der Waals surface area contributed by atoms with E-state index in [1.54, 1.807) is 0 Å². The van der Waals surface area contributed by atoms with Gasteiger partial charge >= 0.3 is 0 Å². The van der Waals surface area contributed by atoms with Gasteiger partial charge in [0.15, 0.2) is 8.32 Å². The number of hydrogen-bond acceptors (Lipinski definition) is 2. The predicted molar refractivity (Wildman–Crippen MR) is 98.7 cm³/mol. The lowest BCUT2D eigenvalue weighted by Crippen LogP contribution is -2.29. The van der Waals surface area contributed by atoms with Crippen molar-refractivity contribution in [3.8, 4) is 17.2 Å². The molecule has 0 bridgehead atoms. The summed E-state index contributed by atoms with van der Waals surface area (Å²) in [7, 11) is -1.55. The summed E-state index contributed by atoms with van der Waals surface area (Å²) in [4.78, 5) is 0. The summed E-state index contributed by atoms with van der Waals surface area (Å²) in [5.41, 5.74) is 5.24. The van der Waals surface area contributed by atoms with Crippen LogP contribution in [0.4, 0.5) is 0 Å². The third-order valence-electron chi connectivity index (χ3n) is 3.95. The lowest BCUT2D eigenvalue weighted by molar-refractivity contribution is 0.294. The molecule has 0 fully saturated rings. The molecule has 0 aliphatic rings. The highest BCUT2D eigenvalue weighted by atomic mass is 28.4. The molecule has 0 N–H and O–H groups in total. The van der Waals surface area contributed by atoms with Gasteiger partial charge in [0.25, 0.3) is 0 Å². The summed E-state index contributed by atoms with van der Waals surface area (Å²) in [5, 5.41) is 9.15. The highest BCUT2D eigenvalue weighted by Crippen LogP contribution is 2.24. The quantitative estimate of drug-likeness (QED) is 0.642. The van der Waals surface area contributed by atoms with Gasteiger partial charge in [0, 0.05) is 0 Å². The maximum absolute atomic E-state index is 9.15. The molecule has 0 aromatic heterocycles. The van der Waals surface area contributed by atoms with E-state index >= 15 is 0 Å². The molecule has 120 valence electrons. The van der Waals surface area contributed by atoms with Crippen molar-refractivity contribution in [3.63, 3.8) is 0 Å². The number of nitrogens with zero attached hydrogens (tertiary/aromatic N) is 1. The molecule has 2 rings (SSSR count). The molecule has 0 heterocycles. The van der Waals surface area contributed by atoms with Crippen LogP contribution in [0.25, 0.3) is 11.1 Å². The molecule has 2 aromatic carbocycles. The third-order valence-corrected chi connectivity index (χ3v) is 6.58. The second-order valence-corrected chi connectivity index (χ2v) is 11.0. The fraction of sp³-hybridized carbons (Fsp3) is 0.350. The molecule has 0 atom stereocenters. The lowest BCUT2D eigenvalue weighted by Gasteiger charge is -2.22. The molecule has 0 saturated heterocycles. The fourth-order valence-electron chi connectivity index (χ4n) is 2.81. The van der Waals surface area contributed by atoms with Crippen LogP contribution in [0.1, 0.15) is 30.0 Å². The van der Waals surface area contributed by atoms with E-state index < -0.39 is 8.32 Å². The second-order valence-electron chi connectivity index (χ2n) is 6.70. The van der Waals surface area contributed by atoms with Gasteiger partial charge in [-0.3, -0.25) is 0 Å². The van der Waals surface area contributed by atoms with Gasteiger partial charge in [0.2, 0.25) is 0 Å². The number of nitriles is 1. The van der Waals surface area contributed by atoms with Crippen LogP contribution in [-0.2, 0) is 11.0 Å². The fourth-order valence-corrected chi connectivity index (χ4v) is 4.71. The average Bonchev–Trinajstić information content (AvgIpc) is 2.52. The zero-order valence-corrected chi connectivity index (χ0v) is 15.5. The molecule has 0 spiro atoms. The van der Waals surface area contributed by atoms with Gasteiger partial charge in [-0.1, -0.05) is 37.6 Å². The normalized spacial score (nSPS) is 11.3. The topological polar surface area (TPSA) is 33.0 Å². The minimum Gasteiger partial charge on any atom is -0.413 e. The van der Waals surface area contributed by atoms with Crippen molar-refractivity contribution in [1.82, 2.24) is 0 Å². The maximum atomic E-state index is 9.15. The Hall–Kier alpha value is -1.89. The zero-order valence-electron chi connectivity index (χ0n) is 14.5. The molecule has 2 nitrogen and oxygen atoms in total. The van der Waals surface area contributed by atoms with Crippen molar-refractivity contribution in [2.45, 2.75) is 46.0 Å². The van der Waals surface area contributed by atoms with Gasteiger partial charge in [-0.15, -0.1) is 0 Å². The molecule has 0 saturated carbocycles. The van der Waals surface area contributed by atoms with Gasteiger partial charge in [0.1, 0.15) is 0 Å². The Morgan fingerprint density at radius 3 is 2.57 bits per heavy atom. The van der Waals surface area contributed by atoms with Crippen LogP contribution < -0.4 is 0 Å². The largest absolute Gasteiger partial charge is 0.413 e. The SMILES string of the molecule is CCC[Si](C)(C)OCc1cccc(-c2cc(C)cc(C#N)c2)c1. The van der Waals surface area contributed by atoms with E-state index in [1.807, 2.05) is 19.1 Å². The zero-order chi connectivity index (χ0) is 16.9. The first-order chi connectivity index (χ1) is 10.9. The first kappa shape index (κ1) is 17.5. The van der Waals surface area contributed by atoms with Crippen LogP contribution in [-0.4, -0.2) is 8.32 Å². The lowest BCUT2D eigenvalue weighted by atomic mass is 9.99. The second kappa shape index (κ2) is 7.59. The van der Waals surface area contributed by atoms with Crippen molar-refractivity contribution in [2.75, 3.05) is 0 Å². The van der Waals surface area contributed by atoms with Gasteiger partial charge in [-0.05, 0) is 66.5 Å². The van der Waals surface area contributed by atoms with Crippen LogP contribution in [0.3, 0.4) is 0 Å². The molecule has 0 unspecified atom stereocenters. The molecular weight excluding hydrogens is 298 g/mol. The Kier molecular flexibility index (Phi) is 5.76. The molecule has 0 amide bonds. The molecule has 23 heavy (non-hydrogen) atoms. The average molecular weight is 324 g/mol. The Morgan fingerprint density at radius 2 is 1.87 bits per heavy atom. The summed E-state index contributed by atoms with van der Waals surface area (Å²) in [5.74, 6) is 0. The van der Waals surface area contributed by atoms with Crippen LogP contribution >= 0.6 is 0 Å². The molecule has 0 aliphatic carbocycles. The van der Waals surface area contributed by atoms with E-state index in [0.29, 0.717) is 12.2 Å². The highest BCUT2D eigenvalue weighted by molar-refractivity contribution is 6.71.